The van der Waals surface area contributed by atoms with Gasteiger partial charge in [-0.25, -0.2) is 14.4 Å². The standard InChI is InChI=1S/C36H36O8/c1-4-34(37)42-24-8-6-22-40-31-17-12-28(13-18-31)10-11-29-14-21-33(27(3)26-29)44-36(39)30-15-19-32(20-16-30)41-23-7-9-25-43-35(38)5-2/h4-5,12-21,26H,1-2,6-9,22-25H2,3H3. The molecule has 0 bridgehead atoms. The van der Waals surface area contributed by atoms with Gasteiger partial charge in [0, 0.05) is 23.3 Å². The predicted octanol–water partition coefficient (Wildman–Crippen LogP) is 6.39. The van der Waals surface area contributed by atoms with Crippen molar-refractivity contribution < 1.29 is 38.1 Å². The Kier molecular flexibility index (Phi) is 13.8. The third kappa shape index (κ3) is 11.9. The fourth-order valence-electron chi connectivity index (χ4n) is 3.72. The number of benzene rings is 3. The van der Waals surface area contributed by atoms with Gasteiger partial charge in [0.15, 0.2) is 0 Å². The van der Waals surface area contributed by atoms with E-state index in [4.69, 9.17) is 23.7 Å². The molecule has 8 heteroatoms. The van der Waals surface area contributed by atoms with E-state index in [2.05, 4.69) is 25.0 Å². The maximum Gasteiger partial charge on any atom is 0.343 e. The molecule has 0 aliphatic carbocycles. The van der Waals surface area contributed by atoms with Crippen LogP contribution < -0.4 is 14.2 Å². The molecule has 3 aromatic rings. The number of ether oxygens (including phenoxy) is 5. The number of carbonyl (C=O) groups excluding carboxylic acids is 3. The summed E-state index contributed by atoms with van der Waals surface area (Å²) in [5.41, 5.74) is 2.81. The molecule has 0 heterocycles. The fourth-order valence-corrected chi connectivity index (χ4v) is 3.72. The Balaban J connectivity index is 1.42. The van der Waals surface area contributed by atoms with Crippen LogP contribution in [0.4, 0.5) is 0 Å². The molecule has 0 fully saturated rings. The van der Waals surface area contributed by atoms with E-state index in [1.165, 1.54) is 0 Å². The third-order valence-corrected chi connectivity index (χ3v) is 6.11. The monoisotopic (exact) mass is 596 g/mol. The van der Waals surface area contributed by atoms with Gasteiger partial charge in [-0.1, -0.05) is 25.0 Å². The highest BCUT2D eigenvalue weighted by Crippen LogP contribution is 2.21. The van der Waals surface area contributed by atoms with E-state index in [0.29, 0.717) is 56.3 Å². The van der Waals surface area contributed by atoms with Gasteiger partial charge in [-0.3, -0.25) is 0 Å². The minimum Gasteiger partial charge on any atom is -0.494 e. The number of unbranched alkanes of at least 4 members (excludes halogenated alkanes) is 2. The Morgan fingerprint density at radius 1 is 0.659 bits per heavy atom. The molecule has 0 saturated carbocycles. The van der Waals surface area contributed by atoms with Crippen molar-refractivity contribution in [1.82, 2.24) is 0 Å². The summed E-state index contributed by atoms with van der Waals surface area (Å²) in [6, 6.07) is 19.6. The van der Waals surface area contributed by atoms with Gasteiger partial charge in [0.05, 0.1) is 32.0 Å². The lowest BCUT2D eigenvalue weighted by Gasteiger charge is -2.09. The highest BCUT2D eigenvalue weighted by molar-refractivity contribution is 5.91. The van der Waals surface area contributed by atoms with Crippen LogP contribution in [0.3, 0.4) is 0 Å². The molecular weight excluding hydrogens is 560 g/mol. The minimum atomic E-state index is -0.471. The second-order valence-corrected chi connectivity index (χ2v) is 9.52. The molecule has 0 aliphatic heterocycles. The molecule has 8 nitrogen and oxygen atoms in total. The number of aryl methyl sites for hydroxylation is 1. The zero-order valence-corrected chi connectivity index (χ0v) is 24.8. The lowest BCUT2D eigenvalue weighted by Crippen LogP contribution is -2.09. The topological polar surface area (TPSA) is 97.4 Å². The average molecular weight is 597 g/mol. The maximum absolute atomic E-state index is 12.7. The van der Waals surface area contributed by atoms with Crippen LogP contribution in [0.1, 0.15) is 52.7 Å². The zero-order valence-electron chi connectivity index (χ0n) is 24.8. The van der Waals surface area contributed by atoms with Gasteiger partial charge in [0.2, 0.25) is 0 Å². The van der Waals surface area contributed by atoms with Crippen LogP contribution in [0.2, 0.25) is 0 Å². The summed E-state index contributed by atoms with van der Waals surface area (Å²) in [4.78, 5) is 34.7. The summed E-state index contributed by atoms with van der Waals surface area (Å²) in [6.07, 6.45) is 5.15. The van der Waals surface area contributed by atoms with Gasteiger partial charge in [-0.2, -0.15) is 0 Å². The normalized spacial score (nSPS) is 10.0. The van der Waals surface area contributed by atoms with E-state index in [9.17, 15) is 14.4 Å². The fraction of sp³-hybridized carbons (Fsp3) is 0.250. The van der Waals surface area contributed by atoms with Crippen molar-refractivity contribution >= 4 is 17.9 Å². The molecule has 0 saturated heterocycles. The van der Waals surface area contributed by atoms with Crippen molar-refractivity contribution in [2.45, 2.75) is 32.6 Å². The Bertz CT molecular complexity index is 1480. The quantitative estimate of drug-likeness (QED) is 0.0617. The summed E-state index contributed by atoms with van der Waals surface area (Å²) in [6.45, 7) is 10.2. The van der Waals surface area contributed by atoms with Crippen LogP contribution in [0.25, 0.3) is 0 Å². The summed E-state index contributed by atoms with van der Waals surface area (Å²) in [5.74, 6) is 6.77. The Morgan fingerprint density at radius 3 is 1.66 bits per heavy atom. The zero-order chi connectivity index (χ0) is 31.6. The van der Waals surface area contributed by atoms with Crippen molar-refractivity contribution in [1.29, 1.82) is 0 Å². The van der Waals surface area contributed by atoms with Crippen molar-refractivity contribution in [3.8, 4) is 29.1 Å². The Hall–Kier alpha value is -5.29. The lowest BCUT2D eigenvalue weighted by molar-refractivity contribution is -0.138. The molecule has 0 aliphatic rings. The number of hydrogen-bond donors (Lipinski definition) is 0. The van der Waals surface area contributed by atoms with Crippen molar-refractivity contribution in [2.24, 2.45) is 0 Å². The smallest absolute Gasteiger partial charge is 0.343 e. The van der Waals surface area contributed by atoms with Crippen molar-refractivity contribution in [3.63, 3.8) is 0 Å². The molecule has 0 spiro atoms. The van der Waals surface area contributed by atoms with E-state index in [0.717, 1.165) is 47.4 Å². The molecule has 0 unspecified atom stereocenters. The number of carbonyl (C=O) groups is 3. The van der Waals surface area contributed by atoms with E-state index < -0.39 is 17.9 Å². The highest BCUT2D eigenvalue weighted by Gasteiger charge is 2.11. The van der Waals surface area contributed by atoms with Gasteiger partial charge in [-0.15, -0.1) is 0 Å². The van der Waals surface area contributed by atoms with Gasteiger partial charge in [-0.05, 0) is 105 Å². The largest absolute Gasteiger partial charge is 0.494 e. The first-order valence-electron chi connectivity index (χ1n) is 14.3. The molecule has 0 N–H and O–H groups in total. The third-order valence-electron chi connectivity index (χ3n) is 6.11. The molecule has 0 radical (unpaired) electrons. The van der Waals surface area contributed by atoms with Gasteiger partial charge < -0.3 is 23.7 Å². The van der Waals surface area contributed by atoms with Crippen LogP contribution in [0.5, 0.6) is 17.2 Å². The first kappa shape index (κ1) is 33.2. The van der Waals surface area contributed by atoms with Crippen molar-refractivity contribution in [3.05, 3.63) is 114 Å². The Morgan fingerprint density at radius 2 is 1.14 bits per heavy atom. The van der Waals surface area contributed by atoms with Crippen LogP contribution in [0, 0.1) is 18.8 Å². The van der Waals surface area contributed by atoms with Crippen LogP contribution in [-0.4, -0.2) is 44.3 Å². The van der Waals surface area contributed by atoms with Gasteiger partial charge in [0.25, 0.3) is 0 Å². The van der Waals surface area contributed by atoms with Crippen LogP contribution >= 0.6 is 0 Å². The SMILES string of the molecule is C=CC(=O)OCCCCOc1ccc(C#Cc2ccc(OC(=O)c3ccc(OCCCCOC(=O)C=C)cc3)c(C)c2)cc1. The van der Waals surface area contributed by atoms with E-state index in [1.54, 1.807) is 30.3 Å². The molecule has 228 valence electrons. The number of rotatable bonds is 16. The van der Waals surface area contributed by atoms with E-state index in [1.807, 2.05) is 43.3 Å². The first-order valence-corrected chi connectivity index (χ1v) is 14.3. The van der Waals surface area contributed by atoms with Gasteiger partial charge in [0.1, 0.15) is 17.2 Å². The van der Waals surface area contributed by atoms with E-state index in [-0.39, 0.29) is 0 Å². The number of esters is 3. The maximum atomic E-state index is 12.7. The molecule has 3 aromatic carbocycles. The van der Waals surface area contributed by atoms with Crippen LogP contribution in [-0.2, 0) is 19.1 Å². The molecule has 3 rings (SSSR count). The summed E-state index contributed by atoms with van der Waals surface area (Å²) >= 11 is 0. The second-order valence-electron chi connectivity index (χ2n) is 9.52. The molecule has 44 heavy (non-hydrogen) atoms. The molecular formula is C36H36O8. The molecule has 0 atom stereocenters. The first-order chi connectivity index (χ1) is 21.4. The lowest BCUT2D eigenvalue weighted by atomic mass is 10.1. The minimum absolute atomic E-state index is 0.317. The highest BCUT2D eigenvalue weighted by atomic mass is 16.5. The molecule has 0 aromatic heterocycles. The predicted molar refractivity (Wildman–Crippen MR) is 167 cm³/mol. The molecule has 0 amide bonds. The second kappa shape index (κ2) is 18.3. The Labute approximate surface area is 258 Å². The van der Waals surface area contributed by atoms with Crippen molar-refractivity contribution in [2.75, 3.05) is 26.4 Å². The number of hydrogen-bond acceptors (Lipinski definition) is 8. The van der Waals surface area contributed by atoms with Crippen LogP contribution in [0.15, 0.2) is 92.0 Å². The summed E-state index contributed by atoms with van der Waals surface area (Å²) in [5, 5.41) is 0. The average Bonchev–Trinajstić information content (AvgIpc) is 3.04. The van der Waals surface area contributed by atoms with Gasteiger partial charge >= 0.3 is 17.9 Å². The van der Waals surface area contributed by atoms with E-state index >= 15 is 0 Å². The summed E-state index contributed by atoms with van der Waals surface area (Å²) < 4.78 is 26.9. The summed E-state index contributed by atoms with van der Waals surface area (Å²) in [7, 11) is 0.